The molecule has 0 aliphatic rings. The van der Waals surface area contributed by atoms with Gasteiger partial charge >= 0.3 is 0 Å². The minimum atomic E-state index is 0. The van der Waals surface area contributed by atoms with E-state index in [4.69, 9.17) is 5.11 Å². The fourth-order valence-corrected chi connectivity index (χ4v) is 0.892. The minimum Gasteiger partial charge on any atom is -0.412 e. The zero-order valence-electron chi connectivity index (χ0n) is 8.40. The van der Waals surface area contributed by atoms with Crippen molar-refractivity contribution in [3.8, 4) is 0 Å². The molecule has 0 unspecified atom stereocenters. The Bertz CT molecular complexity index is 49.4. The summed E-state index contributed by atoms with van der Waals surface area (Å²) in [5.41, 5.74) is 0. The summed E-state index contributed by atoms with van der Waals surface area (Å²) >= 11 is 0. The normalized spacial score (nSPS) is 6.92. The maximum absolute atomic E-state index is 8.42. The molecule has 0 saturated carbocycles. The molecule has 0 aliphatic heterocycles. The first kappa shape index (κ1) is 29.2. The zero-order chi connectivity index (χ0) is 6.95. The van der Waals surface area contributed by atoms with Crippen molar-refractivity contribution >= 4 is 0 Å². The van der Waals surface area contributed by atoms with Crippen LogP contribution < -0.4 is 0 Å². The first-order valence-corrected chi connectivity index (χ1v) is 4.02. The summed E-state index contributed by atoms with van der Waals surface area (Å²) in [5.74, 6) is 0. The van der Waals surface area contributed by atoms with Gasteiger partial charge in [0.25, 0.3) is 0 Å². The van der Waals surface area contributed by atoms with E-state index >= 15 is 0 Å². The molecule has 0 rings (SSSR count). The van der Waals surface area contributed by atoms with E-state index in [1.165, 1.54) is 32.1 Å². The number of aliphatic hydroxyl groups excluding tert-OH is 1. The van der Waals surface area contributed by atoms with Gasteiger partial charge < -0.3 is 21.5 Å². The van der Waals surface area contributed by atoms with Gasteiger partial charge in [0.2, 0.25) is 0 Å². The van der Waals surface area contributed by atoms with Gasteiger partial charge in [0.1, 0.15) is 0 Å². The minimum absolute atomic E-state index is 0. The van der Waals surface area contributed by atoms with Crippen LogP contribution in [0.4, 0.5) is 0 Å². The Morgan fingerprint density at radius 3 is 1.54 bits per heavy atom. The van der Waals surface area contributed by atoms with Crippen molar-refractivity contribution in [2.45, 2.75) is 45.4 Å². The molecule has 0 amide bonds. The summed E-state index contributed by atoms with van der Waals surface area (Å²) in [5, 5.41) is 8.42. The Hall–Kier alpha value is 0.554. The monoisotopic (exact) mass is 232 g/mol. The Kier molecular flexibility index (Phi) is 66.0. The average molecular weight is 232 g/mol. The van der Waals surface area contributed by atoms with Crippen LogP contribution in [-0.2, 0) is 21.7 Å². The summed E-state index contributed by atoms with van der Waals surface area (Å²) in [6.45, 7) is 2.58. The van der Waals surface area contributed by atoms with Crippen LogP contribution in [0.1, 0.15) is 45.4 Å². The Morgan fingerprint density at radius 2 is 1.15 bits per heavy atom. The molecule has 5 heteroatoms. The van der Waals surface area contributed by atoms with E-state index in [1.54, 1.807) is 0 Å². The summed E-state index contributed by atoms with van der Waals surface area (Å²) in [7, 11) is 0. The van der Waals surface area contributed by atoms with Crippen molar-refractivity contribution in [3.05, 3.63) is 0 Å². The molecule has 4 nitrogen and oxygen atoms in total. The van der Waals surface area contributed by atoms with Crippen LogP contribution in [0.15, 0.2) is 0 Å². The molecule has 0 aromatic heterocycles. The summed E-state index contributed by atoms with van der Waals surface area (Å²) in [4.78, 5) is 0. The zero-order valence-corrected chi connectivity index (χ0v) is 9.96. The third kappa shape index (κ3) is 32.6. The van der Waals surface area contributed by atoms with Crippen LogP contribution in [0, 0.1) is 0 Å². The molecule has 0 aromatic rings. The molecular formula is C8H24O4Ti. The number of hydrogen-bond donors (Lipinski definition) is 1. The van der Waals surface area contributed by atoms with Crippen LogP contribution in [0.2, 0.25) is 0 Å². The number of hydrogen-bond acceptors (Lipinski definition) is 1. The Morgan fingerprint density at radius 1 is 0.769 bits per heavy atom. The van der Waals surface area contributed by atoms with Gasteiger partial charge in [0.15, 0.2) is 0 Å². The molecule has 13 heavy (non-hydrogen) atoms. The van der Waals surface area contributed by atoms with E-state index in [2.05, 4.69) is 6.92 Å². The van der Waals surface area contributed by atoms with Crippen molar-refractivity contribution < 1.29 is 43.3 Å². The second kappa shape index (κ2) is 29.4. The van der Waals surface area contributed by atoms with Gasteiger partial charge in [-0.05, 0) is 6.42 Å². The van der Waals surface area contributed by atoms with Crippen molar-refractivity contribution in [2.24, 2.45) is 0 Å². The van der Waals surface area contributed by atoms with E-state index in [1.807, 2.05) is 0 Å². The van der Waals surface area contributed by atoms with Gasteiger partial charge in [-0.25, -0.2) is 0 Å². The Labute approximate surface area is 95.5 Å². The van der Waals surface area contributed by atoms with Gasteiger partial charge in [-0.3, -0.25) is 0 Å². The third-order valence-electron chi connectivity index (χ3n) is 1.51. The number of rotatable bonds is 6. The molecule has 0 bridgehead atoms. The molecule has 0 saturated heterocycles. The molecule has 0 heterocycles. The average Bonchev–Trinajstić information content (AvgIpc) is 1.89. The predicted octanol–water partition coefficient (Wildman–Crippen LogP) is -0.137. The second-order valence-corrected chi connectivity index (χ2v) is 2.49. The van der Waals surface area contributed by atoms with Crippen molar-refractivity contribution in [1.29, 1.82) is 0 Å². The SMILES string of the molecule is CCCCCCCCO.O.O.O.[Ti]. The Balaban J connectivity index is -0.0000000533. The van der Waals surface area contributed by atoms with Gasteiger partial charge in [0.05, 0.1) is 0 Å². The van der Waals surface area contributed by atoms with E-state index in [0.29, 0.717) is 6.61 Å². The molecule has 7 N–H and O–H groups in total. The first-order valence-electron chi connectivity index (χ1n) is 4.02. The molecule has 0 aromatic carbocycles. The fourth-order valence-electron chi connectivity index (χ4n) is 0.892. The first-order chi connectivity index (χ1) is 4.41. The smallest absolute Gasteiger partial charge is 0.0431 e. The fraction of sp³-hybridized carbons (Fsp3) is 1.00. The van der Waals surface area contributed by atoms with Crippen LogP contribution in [0.5, 0.6) is 0 Å². The van der Waals surface area contributed by atoms with Gasteiger partial charge in [0, 0.05) is 28.3 Å². The van der Waals surface area contributed by atoms with Crippen LogP contribution in [-0.4, -0.2) is 28.1 Å². The van der Waals surface area contributed by atoms with E-state index in [-0.39, 0.29) is 38.1 Å². The molecule has 0 spiro atoms. The molecule has 84 valence electrons. The molecule has 0 radical (unpaired) electrons. The molecule has 0 atom stereocenters. The molecule has 0 fully saturated rings. The number of aliphatic hydroxyl groups is 1. The van der Waals surface area contributed by atoms with Crippen LogP contribution >= 0.6 is 0 Å². The summed E-state index contributed by atoms with van der Waals surface area (Å²) in [6, 6.07) is 0. The summed E-state index contributed by atoms with van der Waals surface area (Å²) in [6.07, 6.45) is 7.50. The van der Waals surface area contributed by atoms with Crippen LogP contribution in [0.25, 0.3) is 0 Å². The van der Waals surface area contributed by atoms with Gasteiger partial charge in [-0.15, -0.1) is 0 Å². The maximum Gasteiger partial charge on any atom is 0.0431 e. The third-order valence-corrected chi connectivity index (χ3v) is 1.51. The van der Waals surface area contributed by atoms with Crippen LogP contribution in [0.3, 0.4) is 0 Å². The van der Waals surface area contributed by atoms with Crippen molar-refractivity contribution in [1.82, 2.24) is 0 Å². The van der Waals surface area contributed by atoms with Gasteiger partial charge in [-0.1, -0.05) is 39.0 Å². The quantitative estimate of drug-likeness (QED) is 0.498. The standard InChI is InChI=1S/C8H18O.3H2O.Ti/c1-2-3-4-5-6-7-8-9;;;;/h9H,2-8H2,1H3;3*1H2;. The van der Waals surface area contributed by atoms with E-state index in [0.717, 1.165) is 6.42 Å². The van der Waals surface area contributed by atoms with Crippen molar-refractivity contribution in [3.63, 3.8) is 0 Å². The number of unbranched alkanes of at least 4 members (excludes halogenated alkanes) is 5. The second-order valence-electron chi connectivity index (χ2n) is 2.49. The largest absolute Gasteiger partial charge is 0.412 e. The summed E-state index contributed by atoms with van der Waals surface area (Å²) < 4.78 is 0. The topological polar surface area (TPSA) is 115 Å². The van der Waals surface area contributed by atoms with Gasteiger partial charge in [-0.2, -0.15) is 0 Å². The van der Waals surface area contributed by atoms with E-state index < -0.39 is 0 Å². The maximum atomic E-state index is 8.42. The molecular weight excluding hydrogens is 208 g/mol. The van der Waals surface area contributed by atoms with E-state index in [9.17, 15) is 0 Å². The van der Waals surface area contributed by atoms with Crippen molar-refractivity contribution in [2.75, 3.05) is 6.61 Å². The molecule has 0 aliphatic carbocycles. The predicted molar refractivity (Wildman–Crippen MR) is 51.3 cm³/mol.